The van der Waals surface area contributed by atoms with Crippen molar-refractivity contribution in [3.63, 3.8) is 0 Å². The second-order valence-corrected chi connectivity index (χ2v) is 12.2. The van der Waals surface area contributed by atoms with Crippen LogP contribution in [0.1, 0.15) is 64.4 Å². The molecule has 0 spiro atoms. The number of aliphatic hydroxyl groups is 1. The predicted molar refractivity (Wildman–Crippen MR) is 148 cm³/mol. The SMILES string of the molecule is COc1ccc(C[C@H](NC(=O)[C@@H](C)NC(=O)C2CCC(O)CC2)C(=O)N[C@@H](CC2CC(F)(F)C2)C(=O)[C@]2(C)CO2)cc1. The number of aliphatic hydroxyl groups excluding tert-OH is 1. The lowest BCUT2D eigenvalue weighted by molar-refractivity contribution is -0.137. The lowest BCUT2D eigenvalue weighted by Gasteiger charge is -2.37. The second kappa shape index (κ2) is 13.0. The summed E-state index contributed by atoms with van der Waals surface area (Å²) in [7, 11) is 1.52. The highest BCUT2D eigenvalue weighted by Gasteiger charge is 2.53. The molecule has 3 fully saturated rings. The van der Waals surface area contributed by atoms with E-state index in [9.17, 15) is 33.1 Å². The number of ketones is 1. The Morgan fingerprint density at radius 1 is 1.00 bits per heavy atom. The molecule has 1 aromatic carbocycles. The Morgan fingerprint density at radius 3 is 2.14 bits per heavy atom. The van der Waals surface area contributed by atoms with Crippen molar-refractivity contribution in [1.82, 2.24) is 16.0 Å². The van der Waals surface area contributed by atoms with Crippen LogP contribution in [0.15, 0.2) is 24.3 Å². The number of methoxy groups -OCH3 is 1. The Balaban J connectivity index is 1.45. The van der Waals surface area contributed by atoms with Gasteiger partial charge in [0.1, 0.15) is 23.4 Å². The largest absolute Gasteiger partial charge is 0.497 e. The van der Waals surface area contributed by atoms with Gasteiger partial charge in [0.05, 0.1) is 25.9 Å². The first-order valence-electron chi connectivity index (χ1n) is 14.6. The van der Waals surface area contributed by atoms with Crippen LogP contribution < -0.4 is 20.7 Å². The van der Waals surface area contributed by atoms with Crippen molar-refractivity contribution in [3.05, 3.63) is 29.8 Å². The van der Waals surface area contributed by atoms with Gasteiger partial charge < -0.3 is 30.5 Å². The second-order valence-electron chi connectivity index (χ2n) is 12.2. The number of hydrogen-bond donors (Lipinski definition) is 4. The summed E-state index contributed by atoms with van der Waals surface area (Å²) in [5, 5.41) is 17.8. The number of alkyl halides is 2. The molecule has 1 heterocycles. The molecular formula is C30H41F2N3O7. The van der Waals surface area contributed by atoms with Crippen molar-refractivity contribution in [2.24, 2.45) is 11.8 Å². The van der Waals surface area contributed by atoms with E-state index < -0.39 is 53.5 Å². The molecule has 0 unspecified atom stereocenters. The van der Waals surface area contributed by atoms with Crippen LogP contribution >= 0.6 is 0 Å². The molecule has 1 aromatic rings. The van der Waals surface area contributed by atoms with Crippen LogP contribution in [-0.4, -0.2) is 78.1 Å². The fourth-order valence-electron chi connectivity index (χ4n) is 5.65. The zero-order chi connectivity index (χ0) is 30.7. The third-order valence-corrected chi connectivity index (χ3v) is 8.53. The van der Waals surface area contributed by atoms with Crippen LogP contribution in [0.4, 0.5) is 8.78 Å². The van der Waals surface area contributed by atoms with Crippen molar-refractivity contribution in [2.45, 2.75) is 101 Å². The van der Waals surface area contributed by atoms with Crippen molar-refractivity contribution >= 4 is 23.5 Å². The number of nitrogens with one attached hydrogen (secondary N) is 3. The summed E-state index contributed by atoms with van der Waals surface area (Å²) in [5.74, 6) is -4.82. The van der Waals surface area contributed by atoms with Gasteiger partial charge in [0, 0.05) is 25.2 Å². The molecule has 3 aliphatic rings. The number of hydrogen-bond acceptors (Lipinski definition) is 7. The number of carbonyl (C=O) groups is 4. The molecule has 0 aromatic heterocycles. The first-order valence-corrected chi connectivity index (χ1v) is 14.6. The van der Waals surface area contributed by atoms with Crippen LogP contribution in [0.3, 0.4) is 0 Å². The summed E-state index contributed by atoms with van der Waals surface area (Å²) >= 11 is 0. The van der Waals surface area contributed by atoms with E-state index >= 15 is 0 Å². The average Bonchev–Trinajstić information content (AvgIpc) is 3.69. The molecule has 4 atom stereocenters. The van der Waals surface area contributed by atoms with Gasteiger partial charge in [0.2, 0.25) is 23.6 Å². The summed E-state index contributed by atoms with van der Waals surface area (Å²) in [4.78, 5) is 52.7. The molecular weight excluding hydrogens is 552 g/mol. The first-order chi connectivity index (χ1) is 19.8. The molecule has 2 aliphatic carbocycles. The lowest BCUT2D eigenvalue weighted by Crippen LogP contribution is -2.57. The minimum atomic E-state index is -2.77. The number of rotatable bonds is 13. The third kappa shape index (κ3) is 8.25. The van der Waals surface area contributed by atoms with E-state index in [2.05, 4.69) is 16.0 Å². The maximum Gasteiger partial charge on any atom is 0.248 e. The summed E-state index contributed by atoms with van der Waals surface area (Å²) in [6.07, 6.45) is 1.07. The van der Waals surface area contributed by atoms with Crippen molar-refractivity contribution in [1.29, 1.82) is 0 Å². The van der Waals surface area contributed by atoms with Crippen LogP contribution in [0.5, 0.6) is 5.75 Å². The zero-order valence-corrected chi connectivity index (χ0v) is 24.3. The van der Waals surface area contributed by atoms with E-state index in [0.717, 1.165) is 0 Å². The molecule has 1 aliphatic heterocycles. The molecule has 232 valence electrons. The van der Waals surface area contributed by atoms with Crippen LogP contribution in [0.25, 0.3) is 0 Å². The summed E-state index contributed by atoms with van der Waals surface area (Å²) < 4.78 is 37.5. The van der Waals surface area contributed by atoms with Gasteiger partial charge in [-0.25, -0.2) is 8.78 Å². The van der Waals surface area contributed by atoms with Crippen LogP contribution in [-0.2, 0) is 30.3 Å². The van der Waals surface area contributed by atoms with Gasteiger partial charge in [0.25, 0.3) is 0 Å². The quantitative estimate of drug-likeness (QED) is 0.256. The maximum absolute atomic E-state index is 13.6. The summed E-state index contributed by atoms with van der Waals surface area (Å²) in [5.41, 5.74) is -0.375. The fourth-order valence-corrected chi connectivity index (χ4v) is 5.65. The van der Waals surface area contributed by atoms with E-state index in [1.807, 2.05) is 0 Å². The normalized spacial score (nSPS) is 27.0. The molecule has 3 amide bonds. The Morgan fingerprint density at radius 2 is 1.60 bits per heavy atom. The number of amides is 3. The van der Waals surface area contributed by atoms with Gasteiger partial charge in [-0.1, -0.05) is 12.1 Å². The van der Waals surface area contributed by atoms with Gasteiger partial charge in [-0.05, 0) is 69.6 Å². The van der Waals surface area contributed by atoms with Gasteiger partial charge in [0.15, 0.2) is 5.78 Å². The predicted octanol–water partition coefficient (Wildman–Crippen LogP) is 2.06. The summed E-state index contributed by atoms with van der Waals surface area (Å²) in [6, 6.07) is 3.78. The third-order valence-electron chi connectivity index (χ3n) is 8.53. The summed E-state index contributed by atoms with van der Waals surface area (Å²) in [6.45, 7) is 3.29. The Labute approximate surface area is 244 Å². The molecule has 0 radical (unpaired) electrons. The van der Waals surface area contributed by atoms with E-state index in [1.165, 1.54) is 14.0 Å². The Bertz CT molecular complexity index is 1140. The number of benzene rings is 1. The number of Topliss-reactive ketones (excluding diaryl/α,β-unsaturated/α-hetero) is 1. The lowest BCUT2D eigenvalue weighted by atomic mass is 9.76. The van der Waals surface area contributed by atoms with Crippen LogP contribution in [0.2, 0.25) is 0 Å². The standard InChI is InChI=1S/C30H41F2N3O7/c1-17(33-27(39)20-6-8-21(36)9-7-20)26(38)35-24(12-18-4-10-22(41-3)11-5-18)28(40)34-23(25(37)29(2)16-42-29)13-19-14-30(31,32)15-19/h4-5,10-11,17,19-21,23-24,36H,6-9,12-16H2,1-3H3,(H,33,39)(H,34,40)(H,35,38)/t17-,20?,21?,23+,24+,29+/m1/s1. The molecule has 2 saturated carbocycles. The molecule has 1 saturated heterocycles. The van der Waals surface area contributed by atoms with Crippen molar-refractivity contribution in [2.75, 3.05) is 13.7 Å². The van der Waals surface area contributed by atoms with E-state index in [0.29, 0.717) is 37.0 Å². The molecule has 10 nitrogen and oxygen atoms in total. The minimum Gasteiger partial charge on any atom is -0.497 e. The van der Waals surface area contributed by atoms with E-state index in [-0.39, 0.29) is 49.9 Å². The minimum absolute atomic E-state index is 0.0465. The zero-order valence-electron chi connectivity index (χ0n) is 24.3. The van der Waals surface area contributed by atoms with Crippen molar-refractivity contribution < 1.29 is 42.5 Å². The molecule has 4 N–H and O–H groups in total. The maximum atomic E-state index is 13.6. The smallest absolute Gasteiger partial charge is 0.248 e. The van der Waals surface area contributed by atoms with E-state index in [4.69, 9.17) is 9.47 Å². The number of ether oxygens (including phenoxy) is 2. The molecule has 0 bridgehead atoms. The number of halogens is 2. The number of epoxide rings is 1. The Kier molecular flexibility index (Phi) is 9.87. The van der Waals surface area contributed by atoms with Gasteiger partial charge >= 0.3 is 0 Å². The highest BCUT2D eigenvalue weighted by Crippen LogP contribution is 2.45. The van der Waals surface area contributed by atoms with Gasteiger partial charge in [-0.15, -0.1) is 0 Å². The molecule has 42 heavy (non-hydrogen) atoms. The molecule has 4 rings (SSSR count). The van der Waals surface area contributed by atoms with E-state index in [1.54, 1.807) is 31.2 Å². The fraction of sp³-hybridized carbons (Fsp3) is 0.667. The van der Waals surface area contributed by atoms with Crippen LogP contribution in [0, 0.1) is 11.8 Å². The highest BCUT2D eigenvalue weighted by atomic mass is 19.3. The number of carbonyl (C=O) groups excluding carboxylic acids is 4. The monoisotopic (exact) mass is 593 g/mol. The van der Waals surface area contributed by atoms with Gasteiger partial charge in [-0.3, -0.25) is 19.2 Å². The molecule has 12 heteroatoms. The average molecular weight is 594 g/mol. The van der Waals surface area contributed by atoms with Crippen molar-refractivity contribution in [3.8, 4) is 5.75 Å². The Hall–Kier alpha value is -3.12. The highest BCUT2D eigenvalue weighted by molar-refractivity contribution is 5.98. The first kappa shape index (κ1) is 31.8. The topological polar surface area (TPSA) is 146 Å². The van der Waals surface area contributed by atoms with Gasteiger partial charge in [-0.2, -0.15) is 0 Å².